The number of carbonyl (C=O) groups excluding carboxylic acids is 1. The molecule has 2 aliphatic heterocycles. The van der Waals surface area contributed by atoms with Gasteiger partial charge in [0.05, 0.1) is 10.9 Å². The third-order valence-corrected chi connectivity index (χ3v) is 7.10. The highest BCUT2D eigenvalue weighted by atomic mass is 32.2. The van der Waals surface area contributed by atoms with E-state index < -0.39 is 10.0 Å². The molecule has 1 aromatic rings. The number of hydrogen-bond donors (Lipinski definition) is 0. The second-order valence-corrected chi connectivity index (χ2v) is 9.18. The zero-order valence-corrected chi connectivity index (χ0v) is 15.8. The van der Waals surface area contributed by atoms with Gasteiger partial charge in [0.2, 0.25) is 10.0 Å². The number of piperidine rings is 1. The summed E-state index contributed by atoms with van der Waals surface area (Å²) in [5.41, 5.74) is 1.03. The monoisotopic (exact) mass is 366 g/mol. The number of ether oxygens (including phenoxy) is 1. The van der Waals surface area contributed by atoms with Crippen LogP contribution in [0.4, 0.5) is 4.79 Å². The number of benzene rings is 1. The van der Waals surface area contributed by atoms with Crippen LogP contribution < -0.4 is 0 Å². The summed E-state index contributed by atoms with van der Waals surface area (Å²) in [6, 6.07) is 7.07. The second kappa shape index (κ2) is 6.96. The highest BCUT2D eigenvalue weighted by Crippen LogP contribution is 2.29. The van der Waals surface area contributed by atoms with Crippen molar-refractivity contribution in [1.82, 2.24) is 9.21 Å². The molecule has 2 saturated heterocycles. The predicted octanol–water partition coefficient (Wildman–Crippen LogP) is 2.62. The number of amides is 1. The number of rotatable bonds is 4. The molecule has 1 amide bonds. The Bertz CT molecular complexity index is 722. The molecular formula is C18H26N2O4S. The number of sulfonamides is 1. The smallest absolute Gasteiger partial charge is 0.410 e. The van der Waals surface area contributed by atoms with E-state index in [9.17, 15) is 13.2 Å². The van der Waals surface area contributed by atoms with Crippen molar-refractivity contribution in [3.8, 4) is 0 Å². The van der Waals surface area contributed by atoms with Gasteiger partial charge >= 0.3 is 6.09 Å². The zero-order valence-electron chi connectivity index (χ0n) is 15.0. The van der Waals surface area contributed by atoms with E-state index in [2.05, 4.69) is 13.8 Å². The fourth-order valence-electron chi connectivity index (χ4n) is 3.60. The molecule has 1 aromatic carbocycles. The van der Waals surface area contributed by atoms with Crippen molar-refractivity contribution in [2.75, 3.05) is 19.7 Å². The van der Waals surface area contributed by atoms with Crippen LogP contribution >= 0.6 is 0 Å². The number of hydrogen-bond acceptors (Lipinski definition) is 4. The summed E-state index contributed by atoms with van der Waals surface area (Å²) >= 11 is 0. The first-order valence-corrected chi connectivity index (χ1v) is 10.3. The maximum absolute atomic E-state index is 12.8. The van der Waals surface area contributed by atoms with Crippen molar-refractivity contribution in [2.24, 2.45) is 5.92 Å². The van der Waals surface area contributed by atoms with Crippen LogP contribution in [0.1, 0.15) is 32.3 Å². The van der Waals surface area contributed by atoms with Crippen molar-refractivity contribution in [1.29, 1.82) is 0 Å². The summed E-state index contributed by atoms with van der Waals surface area (Å²) in [6.45, 7) is 7.37. The average Bonchev–Trinajstić information content (AvgIpc) is 2.97. The summed E-state index contributed by atoms with van der Waals surface area (Å²) in [5.74, 6) is 0.320. The number of cyclic esters (lactones) is 1. The Balaban J connectivity index is 1.69. The molecule has 2 fully saturated rings. The lowest BCUT2D eigenvalue weighted by atomic mass is 9.98. The van der Waals surface area contributed by atoms with Gasteiger partial charge in [-0.2, -0.15) is 4.31 Å². The maximum atomic E-state index is 12.8. The molecule has 3 rings (SSSR count). The topological polar surface area (TPSA) is 66.9 Å². The van der Waals surface area contributed by atoms with Crippen LogP contribution in [0, 0.1) is 12.8 Å². The minimum atomic E-state index is -3.47. The minimum absolute atomic E-state index is 0.0480. The van der Waals surface area contributed by atoms with E-state index in [0.29, 0.717) is 43.4 Å². The first-order valence-electron chi connectivity index (χ1n) is 8.82. The van der Waals surface area contributed by atoms with Crippen LogP contribution in [0.15, 0.2) is 29.2 Å². The van der Waals surface area contributed by atoms with Crippen molar-refractivity contribution in [3.63, 3.8) is 0 Å². The molecule has 7 heteroatoms. The normalized spacial score (nSPS) is 23.3. The van der Waals surface area contributed by atoms with E-state index >= 15 is 0 Å². The maximum Gasteiger partial charge on any atom is 0.410 e. The van der Waals surface area contributed by atoms with Crippen LogP contribution in [0.2, 0.25) is 0 Å². The molecule has 2 heterocycles. The molecule has 0 spiro atoms. The van der Waals surface area contributed by atoms with E-state index in [4.69, 9.17) is 4.74 Å². The molecule has 0 radical (unpaired) electrons. The molecule has 0 aromatic heterocycles. The molecule has 2 aliphatic rings. The van der Waals surface area contributed by atoms with Crippen LogP contribution in [0.25, 0.3) is 0 Å². The van der Waals surface area contributed by atoms with Crippen LogP contribution in [0.5, 0.6) is 0 Å². The largest absolute Gasteiger partial charge is 0.447 e. The van der Waals surface area contributed by atoms with E-state index in [1.54, 1.807) is 12.1 Å². The van der Waals surface area contributed by atoms with Gasteiger partial charge in [-0.3, -0.25) is 4.90 Å². The summed E-state index contributed by atoms with van der Waals surface area (Å²) < 4.78 is 32.3. The number of aryl methyl sites for hydroxylation is 1. The second-order valence-electron chi connectivity index (χ2n) is 7.24. The van der Waals surface area contributed by atoms with Gasteiger partial charge in [0.1, 0.15) is 6.61 Å². The lowest BCUT2D eigenvalue weighted by molar-refractivity contribution is 0.117. The van der Waals surface area contributed by atoms with Crippen molar-refractivity contribution < 1.29 is 17.9 Å². The molecular weight excluding hydrogens is 340 g/mol. The van der Waals surface area contributed by atoms with E-state index in [1.807, 2.05) is 24.0 Å². The van der Waals surface area contributed by atoms with Crippen LogP contribution in [0.3, 0.4) is 0 Å². The first kappa shape index (κ1) is 18.2. The Kier molecular flexibility index (Phi) is 5.06. The summed E-state index contributed by atoms with van der Waals surface area (Å²) in [6.07, 6.45) is 1.02. The Labute approximate surface area is 149 Å². The first-order chi connectivity index (χ1) is 11.8. The van der Waals surface area contributed by atoms with Gasteiger partial charge < -0.3 is 4.74 Å². The molecule has 0 N–H and O–H groups in total. The summed E-state index contributed by atoms with van der Waals surface area (Å²) in [7, 11) is -3.47. The molecule has 25 heavy (non-hydrogen) atoms. The average molecular weight is 366 g/mol. The molecule has 0 aliphatic carbocycles. The lowest BCUT2D eigenvalue weighted by Gasteiger charge is -2.38. The van der Waals surface area contributed by atoms with Gasteiger partial charge in [-0.15, -0.1) is 0 Å². The minimum Gasteiger partial charge on any atom is -0.447 e. The van der Waals surface area contributed by atoms with E-state index in [1.165, 1.54) is 4.31 Å². The summed E-state index contributed by atoms with van der Waals surface area (Å²) in [4.78, 5) is 14.3. The Morgan fingerprint density at radius 1 is 1.12 bits per heavy atom. The van der Waals surface area contributed by atoms with Crippen molar-refractivity contribution >= 4 is 16.1 Å². The van der Waals surface area contributed by atoms with Crippen LogP contribution in [-0.4, -0.2) is 55.5 Å². The Morgan fingerprint density at radius 3 is 2.28 bits per heavy atom. The van der Waals surface area contributed by atoms with Crippen molar-refractivity contribution in [2.45, 2.75) is 50.6 Å². The van der Waals surface area contributed by atoms with Gasteiger partial charge in [0.15, 0.2) is 0 Å². The number of carbonyl (C=O) groups is 1. The molecule has 6 nitrogen and oxygen atoms in total. The molecule has 1 atom stereocenters. The Hall–Kier alpha value is -1.60. The van der Waals surface area contributed by atoms with Gasteiger partial charge in [0.25, 0.3) is 0 Å². The van der Waals surface area contributed by atoms with Gasteiger partial charge in [0, 0.05) is 19.1 Å². The fourth-order valence-corrected chi connectivity index (χ4v) is 5.07. The van der Waals surface area contributed by atoms with Gasteiger partial charge in [-0.1, -0.05) is 31.5 Å². The third-order valence-electron chi connectivity index (χ3n) is 5.19. The molecule has 1 unspecified atom stereocenters. The third kappa shape index (κ3) is 3.53. The fraction of sp³-hybridized carbons (Fsp3) is 0.611. The lowest BCUT2D eigenvalue weighted by Crippen LogP contribution is -2.50. The van der Waals surface area contributed by atoms with Gasteiger partial charge in [-0.25, -0.2) is 13.2 Å². The van der Waals surface area contributed by atoms with E-state index in [-0.39, 0.29) is 18.2 Å². The molecule has 138 valence electrons. The molecule has 0 bridgehead atoms. The number of nitrogens with zero attached hydrogens (tertiary/aromatic N) is 2. The zero-order chi connectivity index (χ0) is 18.2. The van der Waals surface area contributed by atoms with Crippen molar-refractivity contribution in [3.05, 3.63) is 29.8 Å². The van der Waals surface area contributed by atoms with E-state index in [0.717, 1.165) is 5.56 Å². The molecule has 0 saturated carbocycles. The SMILES string of the molecule is Cc1ccc(S(=O)(=O)N2CCC(N3C(=O)OCC3C(C)C)CC2)cc1. The standard InChI is InChI=1S/C18H26N2O4S/c1-13(2)17-12-24-18(21)20(17)15-8-10-19(11-9-15)25(22,23)16-6-4-14(3)5-7-16/h4-7,13,15,17H,8-12H2,1-3H3. The van der Waals surface area contributed by atoms with Gasteiger partial charge in [-0.05, 0) is 37.8 Å². The Morgan fingerprint density at radius 2 is 1.72 bits per heavy atom. The quantitative estimate of drug-likeness (QED) is 0.822. The summed E-state index contributed by atoms with van der Waals surface area (Å²) in [5, 5.41) is 0. The highest BCUT2D eigenvalue weighted by Gasteiger charge is 2.41. The predicted molar refractivity (Wildman–Crippen MR) is 94.8 cm³/mol. The van der Waals surface area contributed by atoms with Crippen LogP contribution in [-0.2, 0) is 14.8 Å². The highest BCUT2D eigenvalue weighted by molar-refractivity contribution is 7.89.